The van der Waals surface area contributed by atoms with E-state index in [4.69, 9.17) is 21.1 Å². The van der Waals surface area contributed by atoms with Crippen LogP contribution in [0.3, 0.4) is 0 Å². The van der Waals surface area contributed by atoms with Crippen molar-refractivity contribution in [3.63, 3.8) is 0 Å². The maximum Gasteiger partial charge on any atom is 0.416 e. The number of rotatable bonds is 8. The fourth-order valence-corrected chi connectivity index (χ4v) is 4.24. The molecule has 0 unspecified atom stereocenters. The number of thioether (sulfide) groups is 1. The number of esters is 1. The molecule has 33 heavy (non-hydrogen) atoms. The molecule has 4 nitrogen and oxygen atoms in total. The first-order valence-electron chi connectivity index (χ1n) is 9.46. The average molecular weight is 516 g/mol. The van der Waals surface area contributed by atoms with Crippen LogP contribution in [0, 0.1) is 0 Å². The van der Waals surface area contributed by atoms with E-state index in [1.165, 1.54) is 31.1 Å². The molecule has 0 amide bonds. The predicted molar refractivity (Wildman–Crippen MR) is 128 cm³/mol. The molecule has 0 radical (unpaired) electrons. The van der Waals surface area contributed by atoms with Gasteiger partial charge in [0.2, 0.25) is 0 Å². The minimum atomic E-state index is -4.58. The van der Waals surface area contributed by atoms with Crippen LogP contribution in [-0.2, 0) is 29.0 Å². The van der Waals surface area contributed by atoms with Crippen LogP contribution in [0.15, 0.2) is 60.8 Å². The number of carbonyl (C=O) groups excluding carboxylic acids is 1. The van der Waals surface area contributed by atoms with Crippen LogP contribution in [0.4, 0.5) is 13.2 Å². The molecule has 1 aromatic heterocycles. The first kappa shape index (κ1) is 26.9. The van der Waals surface area contributed by atoms with Crippen LogP contribution in [0.25, 0.3) is 0 Å². The second-order valence-corrected chi connectivity index (χ2v) is 8.05. The molecule has 176 valence electrons. The van der Waals surface area contributed by atoms with E-state index in [1.54, 1.807) is 12.1 Å². The van der Waals surface area contributed by atoms with Crippen LogP contribution in [-0.4, -0.2) is 18.1 Å². The molecule has 0 spiro atoms. The van der Waals surface area contributed by atoms with Gasteiger partial charge in [-0.05, 0) is 29.8 Å². The Morgan fingerprint density at radius 1 is 1.06 bits per heavy atom. The molecule has 0 aliphatic rings. The Labute approximate surface area is 205 Å². The number of hydrogen-bond donors (Lipinski definition) is 0. The van der Waals surface area contributed by atoms with Crippen molar-refractivity contribution in [2.24, 2.45) is 0 Å². The Bertz CT molecular complexity index is 1080. The molecular formula is C23H21ClF3NO3S2. The van der Waals surface area contributed by atoms with Crippen LogP contribution in [0.5, 0.6) is 5.75 Å². The Balaban J connectivity index is 0.00000385. The fraction of sp³-hybridized carbons (Fsp3) is 0.217. The van der Waals surface area contributed by atoms with Gasteiger partial charge in [-0.1, -0.05) is 41.9 Å². The third kappa shape index (κ3) is 7.06. The summed E-state index contributed by atoms with van der Waals surface area (Å²) in [5.74, 6) is -0.407. The third-order valence-corrected chi connectivity index (χ3v) is 5.79. The average Bonchev–Trinajstić information content (AvgIpc) is 2.78. The molecule has 0 aliphatic heterocycles. The van der Waals surface area contributed by atoms with Gasteiger partial charge in [-0.25, -0.2) is 4.79 Å². The maximum absolute atomic E-state index is 13.7. The lowest BCUT2D eigenvalue weighted by molar-refractivity contribution is -0.138. The summed E-state index contributed by atoms with van der Waals surface area (Å²) in [6.07, 6.45) is -3.06. The maximum atomic E-state index is 13.7. The van der Waals surface area contributed by atoms with Crippen LogP contribution >= 0.6 is 36.9 Å². The zero-order valence-corrected chi connectivity index (χ0v) is 20.1. The highest BCUT2D eigenvalue weighted by Crippen LogP contribution is 2.42. The van der Waals surface area contributed by atoms with Gasteiger partial charge in [-0.15, -0.1) is 0 Å². The Kier molecular flexibility index (Phi) is 9.94. The van der Waals surface area contributed by atoms with E-state index in [1.807, 2.05) is 30.3 Å². The molecule has 0 saturated heterocycles. The zero-order chi connectivity index (χ0) is 23.1. The standard InChI is InChI=1S/C23H19ClF3NO3S.H2S/c1-30-22(29)16-8-5-11-28-20(16)14-32-13-17-18(23(25,26)27)9-10-19(24)21(17)31-12-15-6-3-2-4-7-15;/h2-11H,12-14H2,1H3;1H2. The largest absolute Gasteiger partial charge is 0.487 e. The number of alkyl halides is 3. The SMILES string of the molecule is COC(=O)c1cccnc1CSCc1c(C(F)(F)F)ccc(Cl)c1OCc1ccccc1.S. The molecule has 10 heteroatoms. The van der Waals surface area contributed by atoms with Crippen molar-refractivity contribution >= 4 is 42.8 Å². The van der Waals surface area contributed by atoms with Gasteiger partial charge in [0, 0.05) is 23.3 Å². The molecule has 0 fully saturated rings. The minimum Gasteiger partial charge on any atom is -0.487 e. The van der Waals surface area contributed by atoms with Crippen molar-refractivity contribution in [2.45, 2.75) is 24.3 Å². The van der Waals surface area contributed by atoms with Gasteiger partial charge in [0.05, 0.1) is 29.0 Å². The molecule has 0 bridgehead atoms. The number of hydrogen-bond acceptors (Lipinski definition) is 5. The molecule has 3 aromatic rings. The summed E-state index contributed by atoms with van der Waals surface area (Å²) < 4.78 is 51.6. The van der Waals surface area contributed by atoms with Crippen molar-refractivity contribution in [1.29, 1.82) is 0 Å². The number of halogens is 4. The summed E-state index contributed by atoms with van der Waals surface area (Å²) in [6, 6.07) is 14.4. The molecule has 0 atom stereocenters. The van der Waals surface area contributed by atoms with Gasteiger partial charge in [0.15, 0.2) is 0 Å². The van der Waals surface area contributed by atoms with Gasteiger partial charge >= 0.3 is 12.1 Å². The third-order valence-electron chi connectivity index (χ3n) is 4.52. The Morgan fingerprint density at radius 2 is 1.79 bits per heavy atom. The summed E-state index contributed by atoms with van der Waals surface area (Å²) in [4.78, 5) is 16.1. The normalized spacial score (nSPS) is 10.9. The number of aromatic nitrogens is 1. The fourth-order valence-electron chi connectivity index (χ4n) is 2.99. The summed E-state index contributed by atoms with van der Waals surface area (Å²) in [7, 11) is 1.25. The lowest BCUT2D eigenvalue weighted by Crippen LogP contribution is -2.11. The van der Waals surface area contributed by atoms with Crippen LogP contribution in [0.2, 0.25) is 5.02 Å². The molecule has 1 heterocycles. The van der Waals surface area contributed by atoms with E-state index in [2.05, 4.69) is 4.98 Å². The molecule has 0 saturated carbocycles. The number of ether oxygens (including phenoxy) is 2. The molecule has 0 aliphatic carbocycles. The highest BCUT2D eigenvalue weighted by Gasteiger charge is 2.35. The van der Waals surface area contributed by atoms with Gasteiger partial charge in [-0.3, -0.25) is 4.98 Å². The highest BCUT2D eigenvalue weighted by atomic mass is 35.5. The molecule has 0 N–H and O–H groups in total. The Hall–Kier alpha value is -2.36. The number of benzene rings is 2. The van der Waals surface area contributed by atoms with Gasteiger partial charge in [0.1, 0.15) is 12.4 Å². The first-order chi connectivity index (χ1) is 15.3. The predicted octanol–water partition coefficient (Wildman–Crippen LogP) is 6.67. The molecular weight excluding hydrogens is 495 g/mol. The monoisotopic (exact) mass is 515 g/mol. The first-order valence-corrected chi connectivity index (χ1v) is 11.0. The van der Waals surface area contributed by atoms with Crippen molar-refractivity contribution < 1.29 is 27.4 Å². The number of methoxy groups -OCH3 is 1. The summed E-state index contributed by atoms with van der Waals surface area (Å²) in [6.45, 7) is 0.0757. The molecule has 3 rings (SSSR count). The van der Waals surface area contributed by atoms with E-state index in [0.717, 1.165) is 11.6 Å². The van der Waals surface area contributed by atoms with Gasteiger partial charge < -0.3 is 9.47 Å². The van der Waals surface area contributed by atoms with Crippen LogP contribution in [0.1, 0.15) is 32.7 Å². The second-order valence-electron chi connectivity index (χ2n) is 6.66. The topological polar surface area (TPSA) is 48.4 Å². The van der Waals surface area contributed by atoms with E-state index >= 15 is 0 Å². The lowest BCUT2D eigenvalue weighted by Gasteiger charge is -2.19. The van der Waals surface area contributed by atoms with E-state index in [0.29, 0.717) is 5.69 Å². The van der Waals surface area contributed by atoms with Gasteiger partial charge in [0.25, 0.3) is 0 Å². The van der Waals surface area contributed by atoms with E-state index < -0.39 is 17.7 Å². The van der Waals surface area contributed by atoms with Crippen molar-refractivity contribution in [3.05, 3.63) is 93.8 Å². The van der Waals surface area contributed by atoms with Crippen molar-refractivity contribution in [3.8, 4) is 5.75 Å². The summed E-state index contributed by atoms with van der Waals surface area (Å²) in [5.41, 5.74) is 0.626. The zero-order valence-electron chi connectivity index (χ0n) is 17.5. The Morgan fingerprint density at radius 3 is 2.45 bits per heavy atom. The van der Waals surface area contributed by atoms with E-state index in [9.17, 15) is 18.0 Å². The van der Waals surface area contributed by atoms with Crippen molar-refractivity contribution in [1.82, 2.24) is 4.98 Å². The second kappa shape index (κ2) is 12.2. The number of carbonyl (C=O) groups is 1. The van der Waals surface area contributed by atoms with Gasteiger partial charge in [-0.2, -0.15) is 38.4 Å². The summed E-state index contributed by atoms with van der Waals surface area (Å²) in [5, 5.41) is 0.0950. The summed E-state index contributed by atoms with van der Waals surface area (Å²) >= 11 is 7.39. The highest BCUT2D eigenvalue weighted by molar-refractivity contribution is 7.97. The lowest BCUT2D eigenvalue weighted by atomic mass is 10.1. The van der Waals surface area contributed by atoms with Crippen molar-refractivity contribution in [2.75, 3.05) is 7.11 Å². The minimum absolute atomic E-state index is 0. The van der Waals surface area contributed by atoms with E-state index in [-0.39, 0.29) is 53.5 Å². The molecule has 2 aromatic carbocycles. The quantitative estimate of drug-likeness (QED) is 0.314. The van der Waals surface area contributed by atoms with Crippen LogP contribution < -0.4 is 4.74 Å². The number of pyridine rings is 1. The smallest absolute Gasteiger partial charge is 0.416 e. The number of nitrogens with zero attached hydrogens (tertiary/aromatic N) is 1.